The second-order valence-corrected chi connectivity index (χ2v) is 3.05. The van der Waals surface area contributed by atoms with Gasteiger partial charge in [-0.15, -0.1) is 0 Å². The molecule has 0 bridgehead atoms. The number of aliphatic imine (C=N–C) groups is 1. The van der Waals surface area contributed by atoms with Crippen LogP contribution < -0.4 is 5.73 Å². The molecule has 0 spiro atoms. The van der Waals surface area contributed by atoms with Gasteiger partial charge in [-0.3, -0.25) is 4.99 Å². The van der Waals surface area contributed by atoms with E-state index in [0.717, 1.165) is 19.4 Å². The molecule has 0 aromatic rings. The van der Waals surface area contributed by atoms with E-state index in [4.69, 9.17) is 5.73 Å². The minimum absolute atomic E-state index is 0.316. The van der Waals surface area contributed by atoms with Gasteiger partial charge in [0.15, 0.2) is 0 Å². The smallest absolute Gasteiger partial charge is 0.0624 e. The van der Waals surface area contributed by atoms with Crippen LogP contribution in [0.5, 0.6) is 0 Å². The Morgan fingerprint density at radius 1 is 1.60 bits per heavy atom. The Bertz CT molecular complexity index is 225. The first-order valence-electron chi connectivity index (χ1n) is 3.78. The van der Waals surface area contributed by atoms with Crippen molar-refractivity contribution >= 4 is 5.71 Å². The first-order chi connectivity index (χ1) is 4.79. The zero-order valence-electron chi connectivity index (χ0n) is 6.22. The molecule has 1 atom stereocenters. The van der Waals surface area contributed by atoms with Crippen molar-refractivity contribution in [2.45, 2.75) is 25.8 Å². The molecular weight excluding hydrogens is 124 g/mol. The topological polar surface area (TPSA) is 38.4 Å². The average molecular weight is 136 g/mol. The van der Waals surface area contributed by atoms with E-state index in [1.807, 2.05) is 0 Å². The molecular formula is C8H12N2. The first kappa shape index (κ1) is 6.10. The molecule has 2 nitrogen and oxygen atoms in total. The molecule has 0 amide bonds. The van der Waals surface area contributed by atoms with Gasteiger partial charge < -0.3 is 5.73 Å². The number of nitrogens with zero attached hydrogens (tertiary/aromatic N) is 1. The lowest BCUT2D eigenvalue weighted by Gasteiger charge is -2.02. The van der Waals surface area contributed by atoms with Crippen molar-refractivity contribution in [3.05, 3.63) is 11.1 Å². The summed E-state index contributed by atoms with van der Waals surface area (Å²) in [5.41, 5.74) is 9.93. The highest BCUT2D eigenvalue weighted by Gasteiger charge is 2.26. The molecule has 1 heterocycles. The predicted molar refractivity (Wildman–Crippen MR) is 42.2 cm³/mol. The highest BCUT2D eigenvalue weighted by molar-refractivity contribution is 6.01. The molecule has 0 fully saturated rings. The Kier molecular flexibility index (Phi) is 1.17. The van der Waals surface area contributed by atoms with Crippen LogP contribution in [-0.2, 0) is 0 Å². The molecule has 1 aliphatic carbocycles. The van der Waals surface area contributed by atoms with Crippen LogP contribution in [0.2, 0.25) is 0 Å². The lowest BCUT2D eigenvalue weighted by molar-refractivity contribution is 0.737. The average Bonchev–Trinajstić information content (AvgIpc) is 2.41. The first-order valence-corrected chi connectivity index (χ1v) is 3.78. The maximum absolute atomic E-state index is 5.85. The van der Waals surface area contributed by atoms with Crippen LogP contribution >= 0.6 is 0 Å². The Morgan fingerprint density at radius 3 is 3.10 bits per heavy atom. The summed E-state index contributed by atoms with van der Waals surface area (Å²) in [6.07, 6.45) is 2.30. The SMILES string of the molecule is CC1=NCC2=C1CC[C@H]2N. The highest BCUT2D eigenvalue weighted by atomic mass is 14.8. The molecule has 0 aromatic carbocycles. The van der Waals surface area contributed by atoms with Crippen molar-refractivity contribution in [3.8, 4) is 0 Å². The van der Waals surface area contributed by atoms with E-state index >= 15 is 0 Å². The molecule has 2 heteroatoms. The fourth-order valence-electron chi connectivity index (χ4n) is 1.78. The molecule has 0 aromatic heterocycles. The normalized spacial score (nSPS) is 31.0. The Labute approximate surface area is 60.8 Å². The summed E-state index contributed by atoms with van der Waals surface area (Å²) in [7, 11) is 0. The van der Waals surface area contributed by atoms with Crippen molar-refractivity contribution < 1.29 is 0 Å². The van der Waals surface area contributed by atoms with Gasteiger partial charge >= 0.3 is 0 Å². The predicted octanol–water partition coefficient (Wildman–Crippen LogP) is 0.879. The number of allylic oxidation sites excluding steroid dienone is 1. The molecule has 0 radical (unpaired) electrons. The number of hydrogen-bond donors (Lipinski definition) is 1. The molecule has 2 N–H and O–H groups in total. The van der Waals surface area contributed by atoms with Gasteiger partial charge in [-0.1, -0.05) is 0 Å². The monoisotopic (exact) mass is 136 g/mol. The Balaban J connectivity index is 2.34. The third-order valence-electron chi connectivity index (χ3n) is 2.46. The lowest BCUT2D eigenvalue weighted by atomic mass is 10.1. The van der Waals surface area contributed by atoms with Gasteiger partial charge in [0.1, 0.15) is 0 Å². The minimum atomic E-state index is 0.316. The summed E-state index contributed by atoms with van der Waals surface area (Å²) in [6, 6.07) is 0.316. The lowest BCUT2D eigenvalue weighted by Crippen LogP contribution is -2.19. The van der Waals surface area contributed by atoms with Gasteiger partial charge in [-0.05, 0) is 30.9 Å². The van der Waals surface area contributed by atoms with Crippen molar-refractivity contribution in [2.75, 3.05) is 6.54 Å². The summed E-state index contributed by atoms with van der Waals surface area (Å²) < 4.78 is 0. The van der Waals surface area contributed by atoms with Crippen molar-refractivity contribution in [1.29, 1.82) is 0 Å². The Morgan fingerprint density at radius 2 is 2.40 bits per heavy atom. The van der Waals surface area contributed by atoms with Crippen molar-refractivity contribution in [3.63, 3.8) is 0 Å². The fourth-order valence-corrected chi connectivity index (χ4v) is 1.78. The second-order valence-electron chi connectivity index (χ2n) is 3.05. The molecule has 2 rings (SSSR count). The van der Waals surface area contributed by atoms with Crippen LogP contribution in [0.3, 0.4) is 0 Å². The molecule has 0 saturated heterocycles. The third-order valence-corrected chi connectivity index (χ3v) is 2.46. The quantitative estimate of drug-likeness (QED) is 0.527. The number of nitrogens with two attached hydrogens (primary N) is 1. The molecule has 54 valence electrons. The molecule has 0 saturated carbocycles. The third kappa shape index (κ3) is 0.655. The summed E-state index contributed by atoms with van der Waals surface area (Å²) in [5, 5.41) is 0. The Hall–Kier alpha value is -0.630. The van der Waals surface area contributed by atoms with Crippen LogP contribution in [-0.4, -0.2) is 18.3 Å². The van der Waals surface area contributed by atoms with E-state index < -0.39 is 0 Å². The largest absolute Gasteiger partial charge is 0.324 e. The highest BCUT2D eigenvalue weighted by Crippen LogP contribution is 2.30. The van der Waals surface area contributed by atoms with Crippen LogP contribution in [0, 0.1) is 0 Å². The van der Waals surface area contributed by atoms with Crippen LogP contribution in [0.15, 0.2) is 16.1 Å². The van der Waals surface area contributed by atoms with Crippen LogP contribution in [0.25, 0.3) is 0 Å². The van der Waals surface area contributed by atoms with Gasteiger partial charge in [0, 0.05) is 11.8 Å². The van der Waals surface area contributed by atoms with Crippen molar-refractivity contribution in [1.82, 2.24) is 0 Å². The zero-order chi connectivity index (χ0) is 7.14. The fraction of sp³-hybridized carbons (Fsp3) is 0.625. The minimum Gasteiger partial charge on any atom is -0.324 e. The summed E-state index contributed by atoms with van der Waals surface area (Å²) in [6.45, 7) is 2.96. The second kappa shape index (κ2) is 1.92. The summed E-state index contributed by atoms with van der Waals surface area (Å²) in [5.74, 6) is 0. The molecule has 1 aliphatic heterocycles. The van der Waals surface area contributed by atoms with E-state index in [9.17, 15) is 0 Å². The summed E-state index contributed by atoms with van der Waals surface area (Å²) >= 11 is 0. The molecule has 2 aliphatic rings. The van der Waals surface area contributed by atoms with Gasteiger partial charge in [0.05, 0.1) is 6.54 Å². The van der Waals surface area contributed by atoms with E-state index in [2.05, 4.69) is 11.9 Å². The zero-order valence-corrected chi connectivity index (χ0v) is 6.22. The van der Waals surface area contributed by atoms with Crippen LogP contribution in [0.4, 0.5) is 0 Å². The summed E-state index contributed by atoms with van der Waals surface area (Å²) in [4.78, 5) is 4.33. The van der Waals surface area contributed by atoms with Crippen LogP contribution in [0.1, 0.15) is 19.8 Å². The van der Waals surface area contributed by atoms with Gasteiger partial charge in [0.25, 0.3) is 0 Å². The van der Waals surface area contributed by atoms with E-state index in [1.165, 1.54) is 16.9 Å². The van der Waals surface area contributed by atoms with E-state index in [-0.39, 0.29) is 0 Å². The molecule has 10 heavy (non-hydrogen) atoms. The maximum atomic E-state index is 5.85. The van der Waals surface area contributed by atoms with Gasteiger partial charge in [-0.25, -0.2) is 0 Å². The standard InChI is InChI=1S/C8H12N2/c1-5-6-2-3-8(9)7(6)4-10-5/h8H,2-4,9H2,1H3/t8-/m1/s1. The number of hydrogen-bond acceptors (Lipinski definition) is 2. The molecule has 0 unspecified atom stereocenters. The van der Waals surface area contributed by atoms with Gasteiger partial charge in [-0.2, -0.15) is 0 Å². The van der Waals surface area contributed by atoms with Crippen molar-refractivity contribution in [2.24, 2.45) is 10.7 Å². The van der Waals surface area contributed by atoms with Gasteiger partial charge in [0.2, 0.25) is 0 Å². The van der Waals surface area contributed by atoms with E-state index in [0.29, 0.717) is 6.04 Å². The number of rotatable bonds is 0. The van der Waals surface area contributed by atoms with E-state index in [1.54, 1.807) is 0 Å². The maximum Gasteiger partial charge on any atom is 0.0624 e.